The van der Waals surface area contributed by atoms with Crippen LogP contribution in [-0.2, 0) is 16.6 Å². The fraction of sp³-hybridized carbons (Fsp3) is 0.800. The van der Waals surface area contributed by atoms with Crippen LogP contribution in [0, 0.1) is 11.8 Å². The molecule has 2 fully saturated rings. The first-order chi connectivity index (χ1) is 12.3. The van der Waals surface area contributed by atoms with Crippen molar-refractivity contribution in [3.63, 3.8) is 0 Å². The first-order valence-corrected chi connectivity index (χ1v) is 9.96. The molecule has 1 aromatic heterocycles. The molecule has 0 aliphatic carbocycles. The second-order valence-corrected chi connectivity index (χ2v) is 9.04. The highest BCUT2D eigenvalue weighted by atomic mass is 16.5. The zero-order valence-corrected chi connectivity index (χ0v) is 16.8. The van der Waals surface area contributed by atoms with Crippen molar-refractivity contribution in [2.45, 2.75) is 45.4 Å². The molecule has 1 amide bonds. The number of hydrogen-bond donors (Lipinski definition) is 1. The molecule has 0 unspecified atom stereocenters. The Morgan fingerprint density at radius 2 is 2.00 bits per heavy atom. The van der Waals surface area contributed by atoms with Gasteiger partial charge in [0.25, 0.3) is 0 Å². The standard InChI is InChI=1S/C20H34N4O2/c1-20(2,3)18-13-17(22-26-18)11-16-14-21-6-5-15(16)12-19(25)24-9-7-23(4)8-10-24/h13,15-16,21H,5-12,14H2,1-4H3/t15-,16+/m0/s1. The zero-order chi connectivity index (χ0) is 18.7. The van der Waals surface area contributed by atoms with Gasteiger partial charge < -0.3 is 19.6 Å². The van der Waals surface area contributed by atoms with Crippen LogP contribution in [0.15, 0.2) is 10.6 Å². The maximum absolute atomic E-state index is 12.8. The maximum Gasteiger partial charge on any atom is 0.222 e. The number of likely N-dealkylation sites (N-methyl/N-ethyl adjacent to an activating group) is 1. The van der Waals surface area contributed by atoms with E-state index in [1.54, 1.807) is 0 Å². The van der Waals surface area contributed by atoms with Crippen LogP contribution in [-0.4, -0.2) is 67.2 Å². The van der Waals surface area contributed by atoms with Gasteiger partial charge in [-0.3, -0.25) is 4.79 Å². The molecule has 3 rings (SSSR count). The van der Waals surface area contributed by atoms with Crippen molar-refractivity contribution in [3.05, 3.63) is 17.5 Å². The van der Waals surface area contributed by atoms with Crippen molar-refractivity contribution in [3.8, 4) is 0 Å². The first kappa shape index (κ1) is 19.4. The molecule has 0 radical (unpaired) electrons. The van der Waals surface area contributed by atoms with Crippen LogP contribution < -0.4 is 5.32 Å². The van der Waals surface area contributed by atoms with Crippen LogP contribution in [0.3, 0.4) is 0 Å². The minimum Gasteiger partial charge on any atom is -0.361 e. The van der Waals surface area contributed by atoms with E-state index < -0.39 is 0 Å². The van der Waals surface area contributed by atoms with Gasteiger partial charge in [-0.2, -0.15) is 0 Å². The minimum absolute atomic E-state index is 0.0210. The van der Waals surface area contributed by atoms with Gasteiger partial charge in [0.1, 0.15) is 5.76 Å². The predicted octanol–water partition coefficient (Wildman–Crippen LogP) is 1.90. The lowest BCUT2D eigenvalue weighted by Crippen LogP contribution is -2.48. The second kappa shape index (κ2) is 8.09. The summed E-state index contributed by atoms with van der Waals surface area (Å²) in [6, 6.07) is 2.09. The van der Waals surface area contributed by atoms with Gasteiger partial charge in [0.2, 0.25) is 5.91 Å². The van der Waals surface area contributed by atoms with Crippen molar-refractivity contribution < 1.29 is 9.32 Å². The van der Waals surface area contributed by atoms with Crippen LogP contribution in [0.25, 0.3) is 0 Å². The van der Waals surface area contributed by atoms with E-state index in [9.17, 15) is 4.79 Å². The average molecular weight is 363 g/mol. The summed E-state index contributed by atoms with van der Waals surface area (Å²) in [6.45, 7) is 12.1. The van der Waals surface area contributed by atoms with E-state index in [4.69, 9.17) is 4.52 Å². The molecule has 0 aromatic carbocycles. The molecular formula is C20H34N4O2. The first-order valence-electron chi connectivity index (χ1n) is 9.96. The number of carbonyl (C=O) groups is 1. The molecule has 0 saturated carbocycles. The average Bonchev–Trinajstić information content (AvgIpc) is 3.06. The molecule has 2 atom stereocenters. The lowest BCUT2D eigenvalue weighted by atomic mass is 9.80. The van der Waals surface area contributed by atoms with Gasteiger partial charge in [-0.15, -0.1) is 0 Å². The Balaban J connectivity index is 1.59. The van der Waals surface area contributed by atoms with Gasteiger partial charge in [-0.1, -0.05) is 25.9 Å². The van der Waals surface area contributed by atoms with Crippen LogP contribution in [0.5, 0.6) is 0 Å². The van der Waals surface area contributed by atoms with Crippen molar-refractivity contribution in [1.29, 1.82) is 0 Å². The third-order valence-electron chi connectivity index (χ3n) is 5.83. The maximum atomic E-state index is 12.8. The topological polar surface area (TPSA) is 61.6 Å². The molecule has 3 heterocycles. The van der Waals surface area contributed by atoms with Crippen molar-refractivity contribution in [2.24, 2.45) is 11.8 Å². The van der Waals surface area contributed by atoms with E-state index in [1.165, 1.54) is 0 Å². The molecule has 2 aliphatic rings. The molecule has 26 heavy (non-hydrogen) atoms. The largest absolute Gasteiger partial charge is 0.361 e. The molecule has 6 heteroatoms. The fourth-order valence-corrected chi connectivity index (χ4v) is 3.92. The predicted molar refractivity (Wildman–Crippen MR) is 102 cm³/mol. The van der Waals surface area contributed by atoms with Crippen LogP contribution in [0.1, 0.15) is 45.1 Å². The molecular weight excluding hydrogens is 328 g/mol. The van der Waals surface area contributed by atoms with Gasteiger partial charge in [0.05, 0.1) is 5.69 Å². The van der Waals surface area contributed by atoms with Gasteiger partial charge in [-0.25, -0.2) is 0 Å². The Morgan fingerprint density at radius 1 is 1.27 bits per heavy atom. The summed E-state index contributed by atoms with van der Waals surface area (Å²) in [5.74, 6) is 2.13. The number of piperazine rings is 1. The number of aromatic nitrogens is 1. The number of carbonyl (C=O) groups excluding carboxylic acids is 1. The summed E-state index contributed by atoms with van der Waals surface area (Å²) < 4.78 is 5.54. The lowest BCUT2D eigenvalue weighted by molar-refractivity contribution is -0.134. The number of hydrogen-bond acceptors (Lipinski definition) is 5. The van der Waals surface area contributed by atoms with E-state index in [1.807, 2.05) is 4.90 Å². The van der Waals surface area contributed by atoms with Gasteiger partial charge in [0, 0.05) is 44.1 Å². The van der Waals surface area contributed by atoms with E-state index in [-0.39, 0.29) is 5.41 Å². The molecule has 1 N–H and O–H groups in total. The summed E-state index contributed by atoms with van der Waals surface area (Å²) in [5, 5.41) is 7.78. The summed E-state index contributed by atoms with van der Waals surface area (Å²) in [7, 11) is 2.12. The van der Waals surface area contributed by atoms with Gasteiger partial charge >= 0.3 is 0 Å². The summed E-state index contributed by atoms with van der Waals surface area (Å²) in [5.41, 5.74) is 0.994. The highest BCUT2D eigenvalue weighted by Gasteiger charge is 2.31. The fourth-order valence-electron chi connectivity index (χ4n) is 3.92. The second-order valence-electron chi connectivity index (χ2n) is 9.04. The Bertz CT molecular complexity index is 599. The number of amides is 1. The Hall–Kier alpha value is -1.40. The smallest absolute Gasteiger partial charge is 0.222 e. The summed E-state index contributed by atoms with van der Waals surface area (Å²) in [6.07, 6.45) is 2.61. The van der Waals surface area contributed by atoms with Gasteiger partial charge in [-0.05, 0) is 44.8 Å². The summed E-state index contributed by atoms with van der Waals surface area (Å²) >= 11 is 0. The Morgan fingerprint density at radius 3 is 2.65 bits per heavy atom. The third kappa shape index (κ3) is 4.86. The molecule has 0 bridgehead atoms. The van der Waals surface area contributed by atoms with E-state index >= 15 is 0 Å². The quantitative estimate of drug-likeness (QED) is 0.886. The lowest BCUT2D eigenvalue weighted by Gasteiger charge is -2.36. The number of nitrogens with one attached hydrogen (secondary N) is 1. The van der Waals surface area contributed by atoms with E-state index in [0.717, 1.165) is 63.6 Å². The van der Waals surface area contributed by atoms with E-state index in [2.05, 4.69) is 49.3 Å². The Kier molecular flexibility index (Phi) is 6.03. The number of nitrogens with zero attached hydrogens (tertiary/aromatic N) is 3. The van der Waals surface area contributed by atoms with Crippen molar-refractivity contribution in [2.75, 3.05) is 46.3 Å². The van der Waals surface area contributed by atoms with Crippen LogP contribution >= 0.6 is 0 Å². The van der Waals surface area contributed by atoms with Gasteiger partial charge in [0.15, 0.2) is 0 Å². The normalized spacial score (nSPS) is 25.5. The molecule has 1 aromatic rings. The number of piperidine rings is 1. The van der Waals surface area contributed by atoms with Crippen molar-refractivity contribution in [1.82, 2.24) is 20.3 Å². The molecule has 2 aliphatic heterocycles. The monoisotopic (exact) mass is 362 g/mol. The van der Waals surface area contributed by atoms with E-state index in [0.29, 0.717) is 24.2 Å². The SMILES string of the molecule is CN1CCN(C(=O)C[C@@H]2CCNC[C@H]2Cc2cc(C(C)(C)C)on2)CC1. The molecule has 0 spiro atoms. The van der Waals surface area contributed by atoms with Crippen LogP contribution in [0.2, 0.25) is 0 Å². The Labute approximate surface area is 157 Å². The third-order valence-corrected chi connectivity index (χ3v) is 5.83. The molecule has 2 saturated heterocycles. The zero-order valence-electron chi connectivity index (χ0n) is 16.8. The highest BCUT2D eigenvalue weighted by Crippen LogP contribution is 2.29. The summed E-state index contributed by atoms with van der Waals surface area (Å²) in [4.78, 5) is 17.1. The highest BCUT2D eigenvalue weighted by molar-refractivity contribution is 5.76. The van der Waals surface area contributed by atoms with Crippen molar-refractivity contribution >= 4 is 5.91 Å². The molecule has 6 nitrogen and oxygen atoms in total. The molecule has 146 valence electrons. The number of rotatable bonds is 4. The van der Waals surface area contributed by atoms with Crippen LogP contribution in [0.4, 0.5) is 0 Å². The minimum atomic E-state index is -0.0210.